The first-order valence-corrected chi connectivity index (χ1v) is 9.76. The number of benzene rings is 2. The molecule has 6 N–H and O–H groups in total. The molecule has 31 heavy (non-hydrogen) atoms. The van der Waals surface area contributed by atoms with Crippen LogP contribution in [0.5, 0.6) is 5.75 Å². The Labute approximate surface area is 176 Å². The fraction of sp³-hybridized carbons (Fsp3) is 0.273. The number of rotatable bonds is 6. The third-order valence-corrected chi connectivity index (χ3v) is 5.68. The number of amides is 1. The second-order valence-corrected chi connectivity index (χ2v) is 7.86. The summed E-state index contributed by atoms with van der Waals surface area (Å²) < 4.78 is 42.8. The Bertz CT molecular complexity index is 1090. The molecule has 1 aliphatic carbocycles. The van der Waals surface area contributed by atoms with Crippen LogP contribution in [-0.2, 0) is 16.8 Å². The number of phenols is 1. The number of primary amides is 1. The molecule has 0 saturated heterocycles. The first-order valence-electron chi connectivity index (χ1n) is 9.76. The summed E-state index contributed by atoms with van der Waals surface area (Å²) >= 11 is 0. The molecule has 4 rings (SSSR count). The van der Waals surface area contributed by atoms with Gasteiger partial charge in [-0.05, 0) is 48.4 Å². The zero-order valence-corrected chi connectivity index (χ0v) is 16.4. The predicted molar refractivity (Wildman–Crippen MR) is 108 cm³/mol. The van der Waals surface area contributed by atoms with Gasteiger partial charge in [-0.3, -0.25) is 10.2 Å². The van der Waals surface area contributed by atoms with Gasteiger partial charge in [0.25, 0.3) is 5.91 Å². The highest BCUT2D eigenvalue weighted by molar-refractivity contribution is 6.13. The van der Waals surface area contributed by atoms with Crippen molar-refractivity contribution in [3.63, 3.8) is 0 Å². The lowest BCUT2D eigenvalue weighted by molar-refractivity contribution is -0.184. The summed E-state index contributed by atoms with van der Waals surface area (Å²) in [6, 6.07) is 10.5. The third-order valence-electron chi connectivity index (χ3n) is 5.68. The van der Waals surface area contributed by atoms with E-state index in [9.17, 15) is 23.1 Å². The quantitative estimate of drug-likeness (QED) is 0.454. The molecule has 0 bridgehead atoms. The summed E-state index contributed by atoms with van der Waals surface area (Å²) in [5.41, 5.74) is 6.54. The van der Waals surface area contributed by atoms with Crippen LogP contribution in [0, 0.1) is 11.3 Å². The van der Waals surface area contributed by atoms with E-state index in [4.69, 9.17) is 11.1 Å². The summed E-state index contributed by atoms with van der Waals surface area (Å²) in [6.07, 6.45) is -1.36. The lowest BCUT2D eigenvalue weighted by Gasteiger charge is -2.32. The van der Waals surface area contributed by atoms with Gasteiger partial charge in [0.2, 0.25) is 0 Å². The van der Waals surface area contributed by atoms with Crippen LogP contribution < -0.4 is 16.6 Å². The second-order valence-electron chi connectivity index (χ2n) is 7.86. The Balaban J connectivity index is 1.82. The summed E-state index contributed by atoms with van der Waals surface area (Å²) in [5, 5.41) is 19.4. The maximum atomic E-state index is 14.3. The van der Waals surface area contributed by atoms with Gasteiger partial charge in [-0.2, -0.15) is 13.2 Å². The lowest BCUT2D eigenvalue weighted by Crippen LogP contribution is -2.53. The molecular weight excluding hydrogens is 409 g/mol. The minimum absolute atomic E-state index is 0.0324. The number of aromatic hydroxyl groups is 1. The largest absolute Gasteiger partial charge is 0.507 e. The van der Waals surface area contributed by atoms with Gasteiger partial charge in [0.05, 0.1) is 5.71 Å². The number of nitrogens with two attached hydrogens (primary N) is 1. The van der Waals surface area contributed by atoms with Crippen LogP contribution in [-0.4, -0.2) is 22.9 Å². The number of phenolic OH excluding ortho intramolecular Hbond substituents is 1. The molecule has 2 aliphatic rings. The summed E-state index contributed by atoms with van der Waals surface area (Å²) in [7, 11) is 0. The maximum absolute atomic E-state index is 14.3. The van der Waals surface area contributed by atoms with Crippen molar-refractivity contribution in [1.29, 1.82) is 5.41 Å². The lowest BCUT2D eigenvalue weighted by atomic mass is 9.83. The summed E-state index contributed by atoms with van der Waals surface area (Å²) in [4.78, 5) is 11.5. The van der Waals surface area contributed by atoms with E-state index in [-0.39, 0.29) is 28.2 Å². The number of nitrogens with one attached hydrogen (secondary N) is 3. The van der Waals surface area contributed by atoms with Crippen molar-refractivity contribution in [1.82, 2.24) is 10.9 Å². The number of alkyl halides is 3. The van der Waals surface area contributed by atoms with Crippen molar-refractivity contribution in [3.8, 4) is 5.75 Å². The molecule has 0 radical (unpaired) electrons. The molecule has 1 atom stereocenters. The number of para-hydroxylation sites is 1. The number of hydrogen-bond donors (Lipinski definition) is 5. The minimum Gasteiger partial charge on any atom is -0.507 e. The zero-order chi connectivity index (χ0) is 22.4. The molecule has 2 aromatic carbocycles. The summed E-state index contributed by atoms with van der Waals surface area (Å²) in [6.45, 7) is 0. The van der Waals surface area contributed by atoms with Crippen molar-refractivity contribution >= 4 is 11.6 Å². The standard InChI is InChI=1S/C22H21F3N4O2/c23-22(24,25)21(11-17(20(27)31)28-29-21)16-7-2-1-5-14(16)18(26)15-6-3-4-13(19(15)30)10-12-8-9-12/h1-7,11-12,26,28-30H,8-10H2,(H2,27,31). The molecule has 9 heteroatoms. The van der Waals surface area contributed by atoms with Crippen molar-refractivity contribution in [2.24, 2.45) is 11.7 Å². The van der Waals surface area contributed by atoms with Crippen LogP contribution in [0.15, 0.2) is 54.2 Å². The van der Waals surface area contributed by atoms with E-state index in [0.29, 0.717) is 24.0 Å². The molecule has 1 unspecified atom stereocenters. The Morgan fingerprint density at radius 2 is 1.84 bits per heavy atom. The van der Waals surface area contributed by atoms with Crippen LogP contribution in [0.3, 0.4) is 0 Å². The zero-order valence-electron chi connectivity index (χ0n) is 16.4. The fourth-order valence-corrected chi connectivity index (χ4v) is 3.82. The van der Waals surface area contributed by atoms with E-state index in [1.165, 1.54) is 30.3 Å². The van der Waals surface area contributed by atoms with Crippen LogP contribution in [0.2, 0.25) is 0 Å². The predicted octanol–water partition coefficient (Wildman–Crippen LogP) is 3.00. The van der Waals surface area contributed by atoms with Gasteiger partial charge in [0.15, 0.2) is 5.54 Å². The van der Waals surface area contributed by atoms with E-state index >= 15 is 0 Å². The molecule has 0 spiro atoms. The van der Waals surface area contributed by atoms with Crippen molar-refractivity contribution in [3.05, 3.63) is 76.5 Å². The third kappa shape index (κ3) is 3.65. The van der Waals surface area contributed by atoms with Crippen LogP contribution >= 0.6 is 0 Å². The summed E-state index contributed by atoms with van der Waals surface area (Å²) in [5.74, 6) is -0.653. The highest BCUT2D eigenvalue weighted by Gasteiger charge is 2.58. The SMILES string of the molecule is N=C(c1ccccc1C1(C(F)(F)F)C=C(C(N)=O)NN1)c1cccc(CC2CC2)c1O. The average molecular weight is 430 g/mol. The second kappa shape index (κ2) is 7.42. The van der Waals surface area contributed by atoms with E-state index in [2.05, 4.69) is 10.9 Å². The van der Waals surface area contributed by atoms with Gasteiger partial charge in [0, 0.05) is 11.1 Å². The Morgan fingerprint density at radius 3 is 2.45 bits per heavy atom. The number of hydrazine groups is 1. The fourth-order valence-electron chi connectivity index (χ4n) is 3.82. The number of hydrogen-bond acceptors (Lipinski definition) is 5. The van der Waals surface area contributed by atoms with E-state index < -0.39 is 23.3 Å². The number of halogens is 3. The Morgan fingerprint density at radius 1 is 1.16 bits per heavy atom. The highest BCUT2D eigenvalue weighted by atomic mass is 19.4. The normalized spacial score (nSPS) is 20.8. The van der Waals surface area contributed by atoms with Crippen LogP contribution in [0.1, 0.15) is 35.1 Å². The van der Waals surface area contributed by atoms with Gasteiger partial charge in [-0.25, -0.2) is 5.43 Å². The molecule has 6 nitrogen and oxygen atoms in total. The molecule has 1 heterocycles. The van der Waals surface area contributed by atoms with E-state index in [1.54, 1.807) is 12.1 Å². The molecule has 162 valence electrons. The van der Waals surface area contributed by atoms with E-state index in [1.807, 2.05) is 0 Å². The smallest absolute Gasteiger partial charge is 0.416 e. The van der Waals surface area contributed by atoms with Gasteiger partial charge in [-0.1, -0.05) is 36.4 Å². The maximum Gasteiger partial charge on any atom is 0.416 e. The molecule has 1 fully saturated rings. The number of carbonyl (C=O) groups is 1. The molecule has 1 saturated carbocycles. The molecule has 0 aromatic heterocycles. The highest BCUT2D eigenvalue weighted by Crippen LogP contribution is 2.44. The van der Waals surface area contributed by atoms with Crippen molar-refractivity contribution in [2.45, 2.75) is 31.0 Å². The van der Waals surface area contributed by atoms with Gasteiger partial charge < -0.3 is 16.3 Å². The number of carbonyl (C=O) groups excluding carboxylic acids is 1. The van der Waals surface area contributed by atoms with Gasteiger partial charge in [0.1, 0.15) is 11.4 Å². The van der Waals surface area contributed by atoms with Crippen LogP contribution in [0.25, 0.3) is 0 Å². The molecule has 1 aliphatic heterocycles. The minimum atomic E-state index is -4.86. The molecular formula is C22H21F3N4O2. The Kier molecular flexibility index (Phi) is 5.01. The van der Waals surface area contributed by atoms with Crippen molar-refractivity contribution < 1.29 is 23.1 Å². The van der Waals surface area contributed by atoms with Gasteiger partial charge >= 0.3 is 6.18 Å². The van der Waals surface area contributed by atoms with Gasteiger partial charge in [-0.15, -0.1) is 0 Å². The average Bonchev–Trinajstić information content (AvgIpc) is 3.41. The molecule has 1 amide bonds. The molecule has 2 aromatic rings. The monoisotopic (exact) mass is 430 g/mol. The van der Waals surface area contributed by atoms with Crippen molar-refractivity contribution in [2.75, 3.05) is 0 Å². The van der Waals surface area contributed by atoms with E-state index in [0.717, 1.165) is 12.8 Å². The Hall–Kier alpha value is -3.33. The first-order chi connectivity index (χ1) is 14.6. The topological polar surface area (TPSA) is 111 Å². The first kappa shape index (κ1) is 20.9. The van der Waals surface area contributed by atoms with Crippen LogP contribution in [0.4, 0.5) is 13.2 Å².